The number of halogens is 1. The molecule has 0 aliphatic carbocycles. The van der Waals surface area contributed by atoms with Gasteiger partial charge >= 0.3 is 0 Å². The minimum Gasteiger partial charge on any atom is -0.305 e. The summed E-state index contributed by atoms with van der Waals surface area (Å²) in [5, 5.41) is 1.32. The van der Waals surface area contributed by atoms with Gasteiger partial charge < -0.3 is 9.97 Å². The van der Waals surface area contributed by atoms with Gasteiger partial charge in [-0.05, 0) is 33.8 Å². The van der Waals surface area contributed by atoms with E-state index < -0.39 is 8.07 Å². The van der Waals surface area contributed by atoms with Crippen LogP contribution in [0.1, 0.15) is 24.0 Å². The van der Waals surface area contributed by atoms with E-state index in [4.69, 9.17) is 0 Å². The number of nitrogens with zero attached hydrogens (tertiary/aromatic N) is 2. The summed E-state index contributed by atoms with van der Waals surface area (Å²) in [6.07, 6.45) is 3.81. The van der Waals surface area contributed by atoms with Crippen molar-refractivity contribution >= 4 is 13.3 Å². The Bertz CT molecular complexity index is 1400. The smallest absolute Gasteiger partial charge is 0.0795 e. The third-order valence-corrected chi connectivity index (χ3v) is 8.28. The second-order valence-corrected chi connectivity index (χ2v) is 15.1. The van der Waals surface area contributed by atoms with Crippen molar-refractivity contribution in [1.82, 2.24) is 9.97 Å². The van der Waals surface area contributed by atoms with Crippen LogP contribution < -0.4 is 5.19 Å². The van der Waals surface area contributed by atoms with E-state index >= 15 is 0 Å². The first-order valence-electron chi connectivity index (χ1n) is 12.4. The number of rotatable bonds is 5. The summed E-state index contributed by atoms with van der Waals surface area (Å²) in [7, 11) is -1.30. The van der Waals surface area contributed by atoms with E-state index in [-0.39, 0.29) is 25.9 Å². The Morgan fingerprint density at radius 1 is 0.737 bits per heavy atom. The fourth-order valence-corrected chi connectivity index (χ4v) is 4.95. The van der Waals surface area contributed by atoms with Gasteiger partial charge in [0, 0.05) is 44.2 Å². The van der Waals surface area contributed by atoms with Gasteiger partial charge in [0.05, 0.1) is 8.07 Å². The predicted molar refractivity (Wildman–Crippen MR) is 154 cm³/mol. The fourth-order valence-electron chi connectivity index (χ4n) is 3.91. The van der Waals surface area contributed by atoms with Crippen LogP contribution in [0.5, 0.6) is 0 Å². The van der Waals surface area contributed by atoms with E-state index in [9.17, 15) is 4.39 Å². The Morgan fingerprint density at radius 2 is 1.47 bits per heavy atom. The molecule has 0 aliphatic heterocycles. The third-order valence-electron chi connectivity index (χ3n) is 6.25. The monoisotopic (exact) mass is 695 g/mol. The van der Waals surface area contributed by atoms with Crippen molar-refractivity contribution < 1.29 is 24.5 Å². The Labute approximate surface area is 240 Å². The molecule has 5 heteroatoms. The molecule has 0 saturated carbocycles. The predicted octanol–water partition coefficient (Wildman–Crippen LogP) is 7.93. The van der Waals surface area contributed by atoms with Gasteiger partial charge in [-0.2, -0.15) is 0 Å². The molecule has 195 valence electrons. The fraction of sp³-hybridized carbons (Fsp3) is 0.152. The van der Waals surface area contributed by atoms with E-state index in [1.54, 1.807) is 6.07 Å². The summed E-state index contributed by atoms with van der Waals surface area (Å²) >= 11 is 0. The van der Waals surface area contributed by atoms with Gasteiger partial charge in [0.15, 0.2) is 0 Å². The maximum atomic E-state index is 12.8. The minimum absolute atomic E-state index is 0. The van der Waals surface area contributed by atoms with Gasteiger partial charge in [0.25, 0.3) is 0 Å². The average molecular weight is 695 g/mol. The zero-order valence-electron chi connectivity index (χ0n) is 22.1. The van der Waals surface area contributed by atoms with E-state index in [0.717, 1.165) is 22.5 Å². The maximum absolute atomic E-state index is 12.8. The van der Waals surface area contributed by atoms with Crippen LogP contribution in [-0.2, 0) is 20.1 Å². The average Bonchev–Trinajstić information content (AvgIpc) is 2.94. The second kappa shape index (κ2) is 13.5. The normalized spacial score (nSPS) is 11.5. The van der Waals surface area contributed by atoms with Gasteiger partial charge in [0.2, 0.25) is 0 Å². The summed E-state index contributed by atoms with van der Waals surface area (Å²) in [6, 6.07) is 37.4. The molecule has 1 atom stereocenters. The molecular formula is C33H31FIrN2Si-2. The van der Waals surface area contributed by atoms with Crippen LogP contribution in [0.25, 0.3) is 22.5 Å². The van der Waals surface area contributed by atoms with Crippen molar-refractivity contribution in [3.63, 3.8) is 0 Å². The zero-order valence-corrected chi connectivity index (χ0v) is 25.5. The quantitative estimate of drug-likeness (QED) is 0.138. The zero-order chi connectivity index (χ0) is 26.3. The van der Waals surface area contributed by atoms with Gasteiger partial charge in [-0.25, -0.2) is 0 Å². The molecule has 0 aliphatic rings. The first-order valence-corrected chi connectivity index (χ1v) is 15.9. The number of benzene rings is 3. The van der Waals surface area contributed by atoms with Crippen LogP contribution in [0.15, 0.2) is 109 Å². The Balaban J connectivity index is 0.000000208. The molecule has 0 spiro atoms. The number of hydrogen-bond donors (Lipinski definition) is 0. The first kappa shape index (κ1) is 29.3. The van der Waals surface area contributed by atoms with Crippen molar-refractivity contribution in [2.45, 2.75) is 32.5 Å². The molecule has 5 aromatic rings. The molecule has 0 amide bonds. The molecule has 0 bridgehead atoms. The van der Waals surface area contributed by atoms with Crippen LogP contribution in [0.4, 0.5) is 4.39 Å². The first-order chi connectivity index (χ1) is 17.8. The maximum Gasteiger partial charge on any atom is 0.0795 e. The molecule has 0 saturated heterocycles. The van der Waals surface area contributed by atoms with Crippen LogP contribution in [-0.4, -0.2) is 18.0 Å². The van der Waals surface area contributed by atoms with Crippen molar-refractivity contribution in [1.29, 1.82) is 0 Å². The van der Waals surface area contributed by atoms with Crippen molar-refractivity contribution in [2.24, 2.45) is 0 Å². The summed E-state index contributed by atoms with van der Waals surface area (Å²) in [4.78, 5) is 8.88. The summed E-state index contributed by atoms with van der Waals surface area (Å²) < 4.78 is 12.8. The summed E-state index contributed by atoms with van der Waals surface area (Å²) in [6.45, 7) is 9.08. The SMILES string of the molecule is CC(c1ccccc1)c1ccnc(-c2[c-]cccc2)c1.C[Si](C)(C)c1ccc(-c2[c-]cc(F)cc2)nc1.[Ir]. The van der Waals surface area contributed by atoms with E-state index in [1.807, 2.05) is 48.8 Å². The molecule has 2 aromatic heterocycles. The summed E-state index contributed by atoms with van der Waals surface area (Å²) in [5.41, 5.74) is 6.28. The Kier molecular flexibility index (Phi) is 10.4. The van der Waals surface area contributed by atoms with Gasteiger partial charge in [-0.1, -0.05) is 75.1 Å². The molecule has 1 radical (unpaired) electrons. The largest absolute Gasteiger partial charge is 0.305 e. The molecule has 3 aromatic carbocycles. The van der Waals surface area contributed by atoms with E-state index in [1.165, 1.54) is 28.4 Å². The van der Waals surface area contributed by atoms with Crippen molar-refractivity contribution in [3.8, 4) is 22.5 Å². The molecule has 5 rings (SSSR count). The third kappa shape index (κ3) is 7.88. The molecule has 0 N–H and O–H groups in total. The van der Waals surface area contributed by atoms with Gasteiger partial charge in [-0.3, -0.25) is 4.39 Å². The second-order valence-electron chi connectivity index (χ2n) is 9.99. The summed E-state index contributed by atoms with van der Waals surface area (Å²) in [5.74, 6) is 0.0918. The van der Waals surface area contributed by atoms with Crippen molar-refractivity contribution in [3.05, 3.63) is 139 Å². The number of hydrogen-bond acceptors (Lipinski definition) is 2. The molecule has 2 nitrogen and oxygen atoms in total. The Morgan fingerprint density at radius 3 is 2.08 bits per heavy atom. The van der Waals surface area contributed by atoms with E-state index in [0.29, 0.717) is 5.92 Å². The van der Waals surface area contributed by atoms with Gasteiger partial charge in [-0.15, -0.1) is 65.7 Å². The van der Waals surface area contributed by atoms with Crippen LogP contribution >= 0.6 is 0 Å². The Hall–Kier alpha value is -3.24. The topological polar surface area (TPSA) is 25.8 Å². The molecule has 0 fully saturated rings. The molecule has 38 heavy (non-hydrogen) atoms. The minimum atomic E-state index is -1.30. The molecular weight excluding hydrogens is 664 g/mol. The van der Waals surface area contributed by atoms with Crippen molar-refractivity contribution in [2.75, 3.05) is 0 Å². The van der Waals surface area contributed by atoms with Crippen LogP contribution in [0, 0.1) is 17.9 Å². The molecule has 1 unspecified atom stereocenters. The van der Waals surface area contributed by atoms with Crippen LogP contribution in [0.3, 0.4) is 0 Å². The van der Waals surface area contributed by atoms with Gasteiger partial charge in [0.1, 0.15) is 0 Å². The number of aromatic nitrogens is 2. The van der Waals surface area contributed by atoms with Crippen LogP contribution in [0.2, 0.25) is 19.6 Å². The molecule has 2 heterocycles. The standard InChI is InChI=1S/C19H16N.C14H15FNSi.Ir/c1-15(16-8-4-2-5-9-16)18-12-13-20-19(14-18)17-10-6-3-7-11-17;1-17(2,3)13-8-9-14(16-10-13)11-4-6-12(15)7-5-11;/h2-10,12-15H,1H3;4,6-10H,1-3H3;/q2*-1;. The number of pyridine rings is 2. The van der Waals surface area contributed by atoms with E-state index in [2.05, 4.69) is 91.1 Å².